The van der Waals surface area contributed by atoms with E-state index in [2.05, 4.69) is 14.9 Å². The van der Waals surface area contributed by atoms with Crippen molar-refractivity contribution in [1.82, 2.24) is 23.9 Å². The molecule has 4 aromatic rings. The van der Waals surface area contributed by atoms with Gasteiger partial charge in [0.25, 0.3) is 5.56 Å². The summed E-state index contributed by atoms with van der Waals surface area (Å²) in [7, 11) is -3.20. The van der Waals surface area contributed by atoms with Crippen LogP contribution >= 0.6 is 11.8 Å². The van der Waals surface area contributed by atoms with Gasteiger partial charge in [-0.3, -0.25) is 9.20 Å². The fourth-order valence-corrected chi connectivity index (χ4v) is 4.85. The van der Waals surface area contributed by atoms with E-state index in [-0.39, 0.29) is 5.56 Å². The summed E-state index contributed by atoms with van der Waals surface area (Å²) < 4.78 is 28.4. The van der Waals surface area contributed by atoms with Gasteiger partial charge >= 0.3 is 0 Å². The van der Waals surface area contributed by atoms with Crippen LogP contribution in [-0.2, 0) is 10.0 Å². The summed E-state index contributed by atoms with van der Waals surface area (Å²) in [4.78, 5) is 13.4. The van der Waals surface area contributed by atoms with Crippen molar-refractivity contribution < 1.29 is 8.42 Å². The molecule has 0 bridgehead atoms. The van der Waals surface area contributed by atoms with Gasteiger partial charge in [0.05, 0.1) is 22.8 Å². The summed E-state index contributed by atoms with van der Waals surface area (Å²) in [5, 5.41) is 9.94. The number of benzene rings is 2. The standard InChI is InChI=1S/C21H23N5O3S2/c1-14-8-6-11-17(15(14)2)25-19(27)16-9-4-5-10-18(16)26-20(25)23-24-21(26)30-13-7-12-22-31(3,28)29/h4-6,8-11,22H,7,12-13H2,1-3H3. The average Bonchev–Trinajstić information content (AvgIpc) is 3.14. The van der Waals surface area contributed by atoms with E-state index >= 15 is 0 Å². The van der Waals surface area contributed by atoms with Crippen LogP contribution < -0.4 is 10.3 Å². The summed E-state index contributed by atoms with van der Waals surface area (Å²) in [5.74, 6) is 1.11. The number of nitrogens with zero attached hydrogens (tertiary/aromatic N) is 4. The molecule has 10 heteroatoms. The van der Waals surface area contributed by atoms with Gasteiger partial charge in [0.1, 0.15) is 0 Å². The molecule has 0 aliphatic heterocycles. The Morgan fingerprint density at radius 1 is 1.06 bits per heavy atom. The van der Waals surface area contributed by atoms with E-state index in [9.17, 15) is 13.2 Å². The maximum atomic E-state index is 13.4. The van der Waals surface area contributed by atoms with Crippen molar-refractivity contribution in [3.63, 3.8) is 0 Å². The minimum Gasteiger partial charge on any atom is -0.268 e. The summed E-state index contributed by atoms with van der Waals surface area (Å²) in [6, 6.07) is 13.3. The van der Waals surface area contributed by atoms with Crippen LogP contribution in [-0.4, -0.2) is 46.1 Å². The smallest absolute Gasteiger partial charge is 0.267 e. The van der Waals surface area contributed by atoms with Crippen LogP contribution in [0.3, 0.4) is 0 Å². The highest BCUT2D eigenvalue weighted by molar-refractivity contribution is 7.99. The molecule has 2 aromatic heterocycles. The first-order valence-corrected chi connectivity index (χ1v) is 12.7. The molecule has 162 valence electrons. The topological polar surface area (TPSA) is 98.4 Å². The summed E-state index contributed by atoms with van der Waals surface area (Å²) in [6.07, 6.45) is 1.78. The number of hydrogen-bond acceptors (Lipinski definition) is 6. The number of sulfonamides is 1. The fourth-order valence-electron chi connectivity index (χ4n) is 3.46. The Balaban J connectivity index is 1.82. The lowest BCUT2D eigenvalue weighted by molar-refractivity contribution is 0.587. The van der Waals surface area contributed by atoms with Crippen LogP contribution in [0.2, 0.25) is 0 Å². The number of nitrogens with one attached hydrogen (secondary N) is 1. The molecule has 2 heterocycles. The van der Waals surface area contributed by atoms with Crippen LogP contribution in [0.25, 0.3) is 22.4 Å². The van der Waals surface area contributed by atoms with Gasteiger partial charge in [0, 0.05) is 12.3 Å². The number of aryl methyl sites for hydroxylation is 1. The first kappa shape index (κ1) is 21.5. The zero-order valence-corrected chi connectivity index (χ0v) is 19.1. The van der Waals surface area contributed by atoms with E-state index in [1.54, 1.807) is 4.57 Å². The summed E-state index contributed by atoms with van der Waals surface area (Å²) in [5.41, 5.74) is 3.47. The molecular weight excluding hydrogens is 434 g/mol. The van der Waals surface area contributed by atoms with Crippen molar-refractivity contribution in [1.29, 1.82) is 0 Å². The van der Waals surface area contributed by atoms with Gasteiger partial charge in [-0.15, -0.1) is 10.2 Å². The lowest BCUT2D eigenvalue weighted by Crippen LogP contribution is -2.23. The zero-order chi connectivity index (χ0) is 22.2. The van der Waals surface area contributed by atoms with Crippen LogP contribution in [0.1, 0.15) is 17.5 Å². The highest BCUT2D eigenvalue weighted by atomic mass is 32.2. The van der Waals surface area contributed by atoms with Crippen molar-refractivity contribution in [2.24, 2.45) is 0 Å². The second kappa shape index (κ2) is 8.45. The Morgan fingerprint density at radius 2 is 1.84 bits per heavy atom. The fraction of sp³-hybridized carbons (Fsp3) is 0.286. The van der Waals surface area contributed by atoms with Gasteiger partial charge in [-0.25, -0.2) is 17.7 Å². The minimum atomic E-state index is -3.20. The number of aromatic nitrogens is 4. The van der Waals surface area contributed by atoms with Crippen LogP contribution in [0, 0.1) is 13.8 Å². The Bertz CT molecular complexity index is 1440. The van der Waals surface area contributed by atoms with Crippen LogP contribution in [0.15, 0.2) is 52.4 Å². The lowest BCUT2D eigenvalue weighted by Gasteiger charge is -2.14. The maximum absolute atomic E-state index is 13.4. The average molecular weight is 458 g/mol. The van der Waals surface area contributed by atoms with E-state index in [1.165, 1.54) is 11.8 Å². The molecule has 1 N–H and O–H groups in total. The third kappa shape index (κ3) is 4.23. The third-order valence-corrected chi connectivity index (χ3v) is 6.87. The molecule has 8 nitrogen and oxygen atoms in total. The quantitative estimate of drug-likeness (QED) is 0.338. The first-order chi connectivity index (χ1) is 14.8. The molecule has 0 saturated heterocycles. The molecule has 0 aliphatic rings. The molecule has 0 unspecified atom stereocenters. The number of rotatable bonds is 7. The number of hydrogen-bond donors (Lipinski definition) is 1. The van der Waals surface area contributed by atoms with Crippen molar-refractivity contribution in [3.8, 4) is 5.69 Å². The molecule has 0 radical (unpaired) electrons. The van der Waals surface area contributed by atoms with E-state index in [0.717, 1.165) is 28.6 Å². The maximum Gasteiger partial charge on any atom is 0.267 e. The molecule has 0 aliphatic carbocycles. The molecule has 0 amide bonds. The molecule has 0 atom stereocenters. The molecular formula is C21H23N5O3S2. The van der Waals surface area contributed by atoms with E-state index in [4.69, 9.17) is 0 Å². The van der Waals surface area contributed by atoms with Crippen LogP contribution in [0.4, 0.5) is 0 Å². The van der Waals surface area contributed by atoms with Gasteiger partial charge in [0.2, 0.25) is 15.8 Å². The Labute approximate surface area is 184 Å². The SMILES string of the molecule is Cc1cccc(-n2c(=O)c3ccccc3n3c(SCCCNS(C)(=O)=O)nnc23)c1C. The van der Waals surface area contributed by atoms with E-state index < -0.39 is 10.0 Å². The number of thioether (sulfide) groups is 1. The number of fused-ring (bicyclic) bond motifs is 3. The zero-order valence-electron chi connectivity index (χ0n) is 17.5. The summed E-state index contributed by atoms with van der Waals surface area (Å²) in [6.45, 7) is 4.36. The van der Waals surface area contributed by atoms with Gasteiger partial charge in [-0.1, -0.05) is 36.0 Å². The lowest BCUT2D eigenvalue weighted by atomic mass is 10.1. The number of para-hydroxylation sites is 1. The van der Waals surface area contributed by atoms with Crippen molar-refractivity contribution in [3.05, 3.63) is 63.9 Å². The molecule has 0 fully saturated rings. The predicted octanol–water partition coefficient (Wildman–Crippen LogP) is 2.68. The highest BCUT2D eigenvalue weighted by Crippen LogP contribution is 2.25. The van der Waals surface area contributed by atoms with Gasteiger partial charge in [0.15, 0.2) is 5.16 Å². The molecule has 0 spiro atoms. The van der Waals surface area contributed by atoms with Crippen molar-refractivity contribution in [2.45, 2.75) is 25.4 Å². The van der Waals surface area contributed by atoms with Crippen molar-refractivity contribution in [2.75, 3.05) is 18.6 Å². The van der Waals surface area contributed by atoms with Crippen molar-refractivity contribution >= 4 is 38.5 Å². The molecule has 0 saturated carbocycles. The second-order valence-corrected chi connectivity index (χ2v) is 10.3. The Hall–Kier alpha value is -2.69. The Morgan fingerprint density at radius 3 is 2.61 bits per heavy atom. The third-order valence-electron chi connectivity index (χ3n) is 5.13. The Kier molecular flexibility index (Phi) is 5.87. The second-order valence-electron chi connectivity index (χ2n) is 7.36. The monoisotopic (exact) mass is 457 g/mol. The summed E-state index contributed by atoms with van der Waals surface area (Å²) >= 11 is 1.48. The molecule has 4 rings (SSSR count). The predicted molar refractivity (Wildman–Crippen MR) is 124 cm³/mol. The van der Waals surface area contributed by atoms with E-state index in [1.807, 2.05) is 60.7 Å². The largest absolute Gasteiger partial charge is 0.268 e. The van der Waals surface area contributed by atoms with Gasteiger partial charge < -0.3 is 0 Å². The molecule has 31 heavy (non-hydrogen) atoms. The minimum absolute atomic E-state index is 0.141. The first-order valence-electron chi connectivity index (χ1n) is 9.81. The molecule has 2 aromatic carbocycles. The normalized spacial score (nSPS) is 12.1. The van der Waals surface area contributed by atoms with E-state index in [0.29, 0.717) is 35.0 Å². The van der Waals surface area contributed by atoms with Gasteiger partial charge in [-0.2, -0.15) is 0 Å². The van der Waals surface area contributed by atoms with Gasteiger partial charge in [-0.05, 0) is 49.6 Å². The van der Waals surface area contributed by atoms with Crippen LogP contribution in [0.5, 0.6) is 0 Å². The highest BCUT2D eigenvalue weighted by Gasteiger charge is 2.19.